The molecule has 4 heterocycles. The monoisotopic (exact) mass is 349 g/mol. The summed E-state index contributed by atoms with van der Waals surface area (Å²) >= 11 is 0. The van der Waals surface area contributed by atoms with E-state index in [1.165, 1.54) is 5.56 Å². The summed E-state index contributed by atoms with van der Waals surface area (Å²) in [5, 5.41) is 5.64. The van der Waals surface area contributed by atoms with Crippen molar-refractivity contribution in [3.8, 4) is 0 Å². The normalized spacial score (nSPS) is 30.5. The predicted molar refractivity (Wildman–Crippen MR) is 89.5 cm³/mol. The van der Waals surface area contributed by atoms with Gasteiger partial charge in [0.05, 0.1) is 24.9 Å². The molecule has 3 saturated heterocycles. The number of hydrogen-bond acceptors (Lipinski definition) is 6. The molecular weight excluding hydrogens is 322 g/mol. The van der Waals surface area contributed by atoms with Gasteiger partial charge in [-0.3, -0.25) is 14.5 Å². The number of ether oxygens (including phenoxy) is 1. The highest BCUT2D eigenvalue weighted by Crippen LogP contribution is 2.35. The fourth-order valence-electron chi connectivity index (χ4n) is 4.39. The molecule has 1 aromatic heterocycles. The van der Waals surface area contributed by atoms with Crippen molar-refractivity contribution < 1.29 is 18.9 Å². The van der Waals surface area contributed by atoms with Gasteiger partial charge in [-0.05, 0) is 33.1 Å². The van der Waals surface area contributed by atoms with Crippen LogP contribution < -0.4 is 0 Å². The highest BCUT2D eigenvalue weighted by atomic mass is 16.7. The molecule has 0 saturated carbocycles. The molecular formula is C18H27N3O4. The molecule has 4 rings (SSSR count). The number of amides is 1. The zero-order chi connectivity index (χ0) is 17.4. The minimum atomic E-state index is 0.00400. The Morgan fingerprint density at radius 2 is 2.12 bits per heavy atom. The molecule has 7 heteroatoms. The van der Waals surface area contributed by atoms with Gasteiger partial charge in [0.2, 0.25) is 5.91 Å². The molecule has 3 aliphatic heterocycles. The molecule has 0 radical (unpaired) electrons. The summed E-state index contributed by atoms with van der Waals surface area (Å²) in [5.74, 6) is 1.27. The van der Waals surface area contributed by atoms with Crippen LogP contribution in [0, 0.1) is 25.7 Å². The summed E-state index contributed by atoms with van der Waals surface area (Å²) in [6, 6.07) is 0. The van der Waals surface area contributed by atoms with Crippen LogP contribution in [0.4, 0.5) is 0 Å². The first-order valence-corrected chi connectivity index (χ1v) is 9.33. The van der Waals surface area contributed by atoms with E-state index in [2.05, 4.69) is 10.1 Å². The minimum Gasteiger partial charge on any atom is -0.378 e. The molecule has 0 aliphatic carbocycles. The molecule has 1 amide bonds. The molecule has 7 nitrogen and oxygen atoms in total. The summed E-state index contributed by atoms with van der Waals surface area (Å²) in [6.45, 7) is 8.67. The minimum absolute atomic E-state index is 0.00400. The van der Waals surface area contributed by atoms with E-state index in [0.29, 0.717) is 13.2 Å². The number of carbonyl (C=O) groups excluding carboxylic acids is 1. The molecule has 0 N–H and O–H groups in total. The van der Waals surface area contributed by atoms with Gasteiger partial charge in [0.15, 0.2) is 0 Å². The number of piperidine rings is 1. The lowest BCUT2D eigenvalue weighted by Crippen LogP contribution is -2.53. The van der Waals surface area contributed by atoms with Gasteiger partial charge in [0, 0.05) is 43.6 Å². The lowest BCUT2D eigenvalue weighted by Gasteiger charge is -2.45. The SMILES string of the molecule is Cc1noc(C)c1CN1CC[C@H]2OCC[C@@H](C(=O)N3CCCO3)[C@H]2C1. The first-order valence-electron chi connectivity index (χ1n) is 9.33. The Labute approximate surface area is 148 Å². The fraction of sp³-hybridized carbons (Fsp3) is 0.778. The molecule has 3 fully saturated rings. The van der Waals surface area contributed by atoms with Crippen LogP contribution >= 0.6 is 0 Å². The van der Waals surface area contributed by atoms with Gasteiger partial charge in [-0.2, -0.15) is 0 Å². The maximum absolute atomic E-state index is 12.9. The van der Waals surface area contributed by atoms with Crippen LogP contribution in [0.3, 0.4) is 0 Å². The van der Waals surface area contributed by atoms with Crippen molar-refractivity contribution >= 4 is 5.91 Å². The Kier molecular flexibility index (Phi) is 4.80. The third kappa shape index (κ3) is 3.32. The van der Waals surface area contributed by atoms with Crippen molar-refractivity contribution in [1.82, 2.24) is 15.1 Å². The van der Waals surface area contributed by atoms with E-state index in [4.69, 9.17) is 14.1 Å². The van der Waals surface area contributed by atoms with Gasteiger partial charge in [-0.25, -0.2) is 5.06 Å². The molecule has 25 heavy (non-hydrogen) atoms. The van der Waals surface area contributed by atoms with E-state index in [1.807, 2.05) is 13.8 Å². The van der Waals surface area contributed by atoms with Gasteiger partial charge in [0.25, 0.3) is 0 Å². The van der Waals surface area contributed by atoms with Crippen LogP contribution in [0.1, 0.15) is 36.3 Å². The summed E-state index contributed by atoms with van der Waals surface area (Å²) < 4.78 is 11.3. The maximum Gasteiger partial charge on any atom is 0.249 e. The number of likely N-dealkylation sites (tertiary alicyclic amines) is 1. The van der Waals surface area contributed by atoms with Crippen molar-refractivity contribution in [3.05, 3.63) is 17.0 Å². The van der Waals surface area contributed by atoms with E-state index in [0.717, 1.165) is 56.9 Å². The molecule has 0 spiro atoms. The van der Waals surface area contributed by atoms with Crippen molar-refractivity contribution in [2.24, 2.45) is 11.8 Å². The van der Waals surface area contributed by atoms with Crippen molar-refractivity contribution in [3.63, 3.8) is 0 Å². The van der Waals surface area contributed by atoms with Crippen molar-refractivity contribution in [2.45, 2.75) is 45.8 Å². The second-order valence-corrected chi connectivity index (χ2v) is 7.42. The summed E-state index contributed by atoms with van der Waals surface area (Å²) in [5.41, 5.74) is 2.12. The third-order valence-corrected chi connectivity index (χ3v) is 5.83. The van der Waals surface area contributed by atoms with Crippen molar-refractivity contribution in [2.75, 3.05) is 32.8 Å². The number of aryl methyl sites for hydroxylation is 2. The average Bonchev–Trinajstić information content (AvgIpc) is 3.26. The van der Waals surface area contributed by atoms with Crippen LogP contribution in [0.5, 0.6) is 0 Å². The first kappa shape index (κ1) is 17.0. The van der Waals surface area contributed by atoms with E-state index in [1.54, 1.807) is 5.06 Å². The highest BCUT2D eigenvalue weighted by Gasteiger charge is 2.43. The molecule has 3 aliphatic rings. The van der Waals surface area contributed by atoms with Crippen LogP contribution in [0.2, 0.25) is 0 Å². The van der Waals surface area contributed by atoms with Crippen LogP contribution in [-0.4, -0.2) is 60.0 Å². The van der Waals surface area contributed by atoms with Gasteiger partial charge in [0.1, 0.15) is 5.76 Å². The summed E-state index contributed by atoms with van der Waals surface area (Å²) in [4.78, 5) is 20.8. The Morgan fingerprint density at radius 3 is 2.84 bits per heavy atom. The number of fused-ring (bicyclic) bond motifs is 1. The van der Waals surface area contributed by atoms with Crippen molar-refractivity contribution in [1.29, 1.82) is 0 Å². The smallest absolute Gasteiger partial charge is 0.249 e. The lowest BCUT2D eigenvalue weighted by atomic mass is 9.78. The Morgan fingerprint density at radius 1 is 1.24 bits per heavy atom. The number of aromatic nitrogens is 1. The van der Waals surface area contributed by atoms with E-state index >= 15 is 0 Å². The molecule has 0 aromatic carbocycles. The summed E-state index contributed by atoms with van der Waals surface area (Å²) in [7, 11) is 0. The Balaban J connectivity index is 1.46. The molecule has 1 aromatic rings. The van der Waals surface area contributed by atoms with Gasteiger partial charge < -0.3 is 9.26 Å². The quantitative estimate of drug-likeness (QED) is 0.827. The number of rotatable bonds is 3. The van der Waals surface area contributed by atoms with E-state index in [9.17, 15) is 4.79 Å². The molecule has 0 unspecified atom stereocenters. The van der Waals surface area contributed by atoms with Crippen LogP contribution in [-0.2, 0) is 20.9 Å². The van der Waals surface area contributed by atoms with Gasteiger partial charge in [-0.15, -0.1) is 0 Å². The zero-order valence-electron chi connectivity index (χ0n) is 15.1. The number of hydroxylamine groups is 2. The second kappa shape index (κ2) is 7.05. The van der Waals surface area contributed by atoms with E-state index < -0.39 is 0 Å². The molecule has 3 atom stereocenters. The third-order valence-electron chi connectivity index (χ3n) is 5.83. The average molecular weight is 349 g/mol. The van der Waals surface area contributed by atoms with Gasteiger partial charge >= 0.3 is 0 Å². The predicted octanol–water partition coefficient (Wildman–Crippen LogP) is 1.68. The van der Waals surface area contributed by atoms with Crippen LogP contribution in [0.25, 0.3) is 0 Å². The Hall–Kier alpha value is -1.44. The number of hydrogen-bond donors (Lipinski definition) is 0. The maximum atomic E-state index is 12.9. The second-order valence-electron chi connectivity index (χ2n) is 7.42. The topological polar surface area (TPSA) is 68.0 Å². The lowest BCUT2D eigenvalue weighted by molar-refractivity contribution is -0.185. The number of carbonyl (C=O) groups is 1. The fourth-order valence-corrected chi connectivity index (χ4v) is 4.39. The molecule has 138 valence electrons. The zero-order valence-corrected chi connectivity index (χ0v) is 15.1. The van der Waals surface area contributed by atoms with Gasteiger partial charge in [-0.1, -0.05) is 5.16 Å². The largest absolute Gasteiger partial charge is 0.378 e. The first-order chi connectivity index (χ1) is 12.1. The van der Waals surface area contributed by atoms with E-state index in [-0.39, 0.29) is 23.8 Å². The number of nitrogens with zero attached hydrogens (tertiary/aromatic N) is 3. The highest BCUT2D eigenvalue weighted by molar-refractivity contribution is 5.78. The Bertz CT molecular complexity index is 606. The standard InChI is InChI=1S/C18H27N3O4/c1-12-15(13(2)25-19-12)10-20-7-4-17-16(11-20)14(5-9-23-17)18(22)21-6-3-8-24-21/h14,16-17H,3-11H2,1-2H3/t14-,16-,17-/m1/s1. The van der Waals surface area contributed by atoms with Crippen LogP contribution in [0.15, 0.2) is 4.52 Å². The summed E-state index contributed by atoms with van der Waals surface area (Å²) in [6.07, 6.45) is 2.88. The molecule has 0 bridgehead atoms.